The smallest absolute Gasteiger partial charge is 0.145 e. The largest absolute Gasteiger partial charge is 0.489 e. The number of nitrogens with zero attached hydrogens (tertiary/aromatic N) is 1. The molecule has 1 aromatic heterocycles. The lowest BCUT2D eigenvalue weighted by atomic mass is 9.88. The Morgan fingerprint density at radius 2 is 1.92 bits per heavy atom. The molecule has 2 atom stereocenters. The van der Waals surface area contributed by atoms with Crippen LogP contribution in [0, 0.1) is 0 Å². The molecule has 1 heterocycles. The first-order chi connectivity index (χ1) is 12.8. The van der Waals surface area contributed by atoms with E-state index in [0.29, 0.717) is 18.3 Å². The van der Waals surface area contributed by atoms with Crippen LogP contribution in [0.2, 0.25) is 0 Å². The van der Waals surface area contributed by atoms with Gasteiger partial charge < -0.3 is 15.2 Å². The van der Waals surface area contributed by atoms with E-state index in [0.717, 1.165) is 30.2 Å². The maximum absolute atomic E-state index is 10.3. The molecule has 0 amide bonds. The predicted molar refractivity (Wildman–Crippen MR) is 104 cm³/mol. The third kappa shape index (κ3) is 3.87. The van der Waals surface area contributed by atoms with Crippen LogP contribution in [-0.4, -0.2) is 35.4 Å². The van der Waals surface area contributed by atoms with Gasteiger partial charge in [-0.2, -0.15) is 0 Å². The molecule has 4 nitrogen and oxygen atoms in total. The van der Waals surface area contributed by atoms with E-state index in [1.807, 2.05) is 30.3 Å². The van der Waals surface area contributed by atoms with E-state index in [-0.39, 0.29) is 6.61 Å². The molecule has 2 N–H and O–H groups in total. The van der Waals surface area contributed by atoms with Gasteiger partial charge in [-0.25, -0.2) is 0 Å². The second kappa shape index (κ2) is 7.85. The highest BCUT2D eigenvalue weighted by molar-refractivity contribution is 5.84. The summed E-state index contributed by atoms with van der Waals surface area (Å²) in [5.41, 5.74) is 3.71. The number of para-hydroxylation sites is 1. The quantitative estimate of drug-likeness (QED) is 0.719. The first-order valence-corrected chi connectivity index (χ1v) is 9.24. The van der Waals surface area contributed by atoms with Crippen molar-refractivity contribution in [2.45, 2.75) is 31.4 Å². The Bertz CT molecular complexity index is 875. The number of hydrogen-bond acceptors (Lipinski definition) is 4. The summed E-state index contributed by atoms with van der Waals surface area (Å²) in [5, 5.41) is 14.8. The predicted octanol–water partition coefficient (Wildman–Crippen LogP) is 3.12. The van der Waals surface area contributed by atoms with Crippen molar-refractivity contribution >= 4 is 10.9 Å². The van der Waals surface area contributed by atoms with Crippen LogP contribution in [-0.2, 0) is 12.8 Å². The lowest BCUT2D eigenvalue weighted by molar-refractivity contribution is 0.103. The fraction of sp³-hybridized carbons (Fsp3) is 0.318. The second-order valence-corrected chi connectivity index (χ2v) is 6.91. The van der Waals surface area contributed by atoms with Gasteiger partial charge in [0, 0.05) is 24.2 Å². The van der Waals surface area contributed by atoms with Crippen LogP contribution in [0.4, 0.5) is 0 Å². The van der Waals surface area contributed by atoms with Crippen molar-refractivity contribution in [2.75, 3.05) is 13.2 Å². The lowest BCUT2D eigenvalue weighted by Gasteiger charge is -2.26. The third-order valence-electron chi connectivity index (χ3n) is 5.02. The molecule has 0 fully saturated rings. The summed E-state index contributed by atoms with van der Waals surface area (Å²) in [6, 6.07) is 18.8. The van der Waals surface area contributed by atoms with Crippen molar-refractivity contribution in [3.05, 3.63) is 71.9 Å². The Balaban J connectivity index is 1.29. The molecular formula is C22H24N2O2. The highest BCUT2D eigenvalue weighted by atomic mass is 16.5. The number of aliphatic hydroxyl groups is 1. The number of hydrogen-bond donors (Lipinski definition) is 2. The van der Waals surface area contributed by atoms with E-state index in [2.05, 4.69) is 34.6 Å². The summed E-state index contributed by atoms with van der Waals surface area (Å²) in [7, 11) is 0. The number of ether oxygens (including phenoxy) is 1. The zero-order chi connectivity index (χ0) is 17.8. The molecule has 4 rings (SSSR count). The molecule has 4 heteroatoms. The molecule has 3 aromatic rings. The van der Waals surface area contributed by atoms with E-state index in [9.17, 15) is 5.11 Å². The Labute approximate surface area is 153 Å². The van der Waals surface area contributed by atoms with Gasteiger partial charge in [-0.1, -0.05) is 42.5 Å². The highest BCUT2D eigenvalue weighted by Crippen LogP contribution is 2.23. The van der Waals surface area contributed by atoms with Gasteiger partial charge in [-0.3, -0.25) is 4.98 Å². The number of aromatic nitrogens is 1. The minimum atomic E-state index is -0.550. The minimum Gasteiger partial charge on any atom is -0.489 e. The summed E-state index contributed by atoms with van der Waals surface area (Å²) in [4.78, 5) is 4.38. The second-order valence-electron chi connectivity index (χ2n) is 6.91. The minimum absolute atomic E-state index is 0.256. The lowest BCUT2D eigenvalue weighted by Crippen LogP contribution is -2.40. The van der Waals surface area contributed by atoms with Gasteiger partial charge in [-0.05, 0) is 42.5 Å². The van der Waals surface area contributed by atoms with E-state index in [1.165, 1.54) is 11.1 Å². The molecule has 0 spiro atoms. The average molecular weight is 348 g/mol. The first kappa shape index (κ1) is 17.0. The zero-order valence-corrected chi connectivity index (χ0v) is 14.8. The summed E-state index contributed by atoms with van der Waals surface area (Å²) >= 11 is 0. The van der Waals surface area contributed by atoms with Gasteiger partial charge in [0.2, 0.25) is 0 Å². The van der Waals surface area contributed by atoms with Gasteiger partial charge in [-0.15, -0.1) is 0 Å². The van der Waals surface area contributed by atoms with Crippen LogP contribution in [0.1, 0.15) is 17.5 Å². The first-order valence-electron chi connectivity index (χ1n) is 9.24. The van der Waals surface area contributed by atoms with Gasteiger partial charge in [0.25, 0.3) is 0 Å². The molecule has 0 aliphatic heterocycles. The summed E-state index contributed by atoms with van der Waals surface area (Å²) in [6.45, 7) is 0.789. The highest BCUT2D eigenvalue weighted by Gasteiger charge is 2.18. The third-order valence-corrected chi connectivity index (χ3v) is 5.02. The van der Waals surface area contributed by atoms with Crippen LogP contribution < -0.4 is 10.1 Å². The van der Waals surface area contributed by atoms with Crippen molar-refractivity contribution in [3.8, 4) is 5.75 Å². The molecule has 0 saturated carbocycles. The van der Waals surface area contributed by atoms with Crippen LogP contribution in [0.3, 0.4) is 0 Å². The maximum atomic E-state index is 10.3. The Kier molecular flexibility index (Phi) is 5.14. The SMILES string of the molecule is OC(CNC1CCc2ccccc2C1)COc1cccc2cccnc12. The van der Waals surface area contributed by atoms with Crippen molar-refractivity contribution < 1.29 is 9.84 Å². The molecule has 26 heavy (non-hydrogen) atoms. The monoisotopic (exact) mass is 348 g/mol. The Morgan fingerprint density at radius 3 is 2.85 bits per heavy atom. The number of aryl methyl sites for hydroxylation is 1. The van der Waals surface area contributed by atoms with E-state index in [1.54, 1.807) is 6.20 Å². The van der Waals surface area contributed by atoms with E-state index >= 15 is 0 Å². The van der Waals surface area contributed by atoms with Crippen LogP contribution in [0.15, 0.2) is 60.8 Å². The van der Waals surface area contributed by atoms with Crippen molar-refractivity contribution in [3.63, 3.8) is 0 Å². The topological polar surface area (TPSA) is 54.4 Å². The van der Waals surface area contributed by atoms with Gasteiger partial charge in [0.15, 0.2) is 0 Å². The molecule has 0 saturated heterocycles. The molecule has 1 aliphatic rings. The van der Waals surface area contributed by atoms with Gasteiger partial charge in [0.05, 0.1) is 0 Å². The van der Waals surface area contributed by atoms with Crippen molar-refractivity contribution in [2.24, 2.45) is 0 Å². The van der Waals surface area contributed by atoms with Crippen LogP contribution in [0.25, 0.3) is 10.9 Å². The molecule has 0 bridgehead atoms. The van der Waals surface area contributed by atoms with Gasteiger partial charge in [0.1, 0.15) is 24.0 Å². The number of nitrogens with one attached hydrogen (secondary N) is 1. The molecular weight excluding hydrogens is 324 g/mol. The molecule has 1 aliphatic carbocycles. The summed E-state index contributed by atoms with van der Waals surface area (Å²) < 4.78 is 5.82. The van der Waals surface area contributed by atoms with E-state index in [4.69, 9.17) is 4.74 Å². The summed E-state index contributed by atoms with van der Waals surface area (Å²) in [5.74, 6) is 0.716. The fourth-order valence-corrected chi connectivity index (χ4v) is 3.61. The Hall–Kier alpha value is -2.43. The number of pyridine rings is 1. The van der Waals surface area contributed by atoms with Crippen molar-refractivity contribution in [1.29, 1.82) is 0 Å². The van der Waals surface area contributed by atoms with Crippen LogP contribution in [0.5, 0.6) is 5.75 Å². The molecule has 134 valence electrons. The standard InChI is InChI=1S/C22H24N2O2/c25-20(14-24-19-11-10-16-5-1-2-6-18(16)13-19)15-26-21-9-3-7-17-8-4-12-23-22(17)21/h1-9,12,19-20,24-25H,10-11,13-15H2. The van der Waals surface area contributed by atoms with E-state index < -0.39 is 6.10 Å². The zero-order valence-electron chi connectivity index (χ0n) is 14.8. The Morgan fingerprint density at radius 1 is 1.08 bits per heavy atom. The number of rotatable bonds is 6. The van der Waals surface area contributed by atoms with Crippen LogP contribution >= 0.6 is 0 Å². The molecule has 0 radical (unpaired) electrons. The number of benzene rings is 2. The van der Waals surface area contributed by atoms with Gasteiger partial charge >= 0.3 is 0 Å². The fourth-order valence-electron chi connectivity index (χ4n) is 3.61. The normalized spacial score (nSPS) is 17.7. The van der Waals surface area contributed by atoms with Crippen molar-refractivity contribution in [1.82, 2.24) is 10.3 Å². The maximum Gasteiger partial charge on any atom is 0.145 e. The number of fused-ring (bicyclic) bond motifs is 2. The molecule has 2 aromatic carbocycles. The summed E-state index contributed by atoms with van der Waals surface area (Å²) in [6.07, 6.45) is 4.44. The molecule has 2 unspecified atom stereocenters. The number of aliphatic hydroxyl groups excluding tert-OH is 1. The average Bonchev–Trinajstić information content (AvgIpc) is 2.70.